The summed E-state index contributed by atoms with van der Waals surface area (Å²) in [6, 6.07) is 12.4. The largest absolute Gasteiger partial charge is 0.495 e. The van der Waals surface area contributed by atoms with Crippen molar-refractivity contribution in [3.63, 3.8) is 0 Å². The number of thiophene rings is 1. The molecule has 33 heavy (non-hydrogen) atoms. The lowest BCUT2D eigenvalue weighted by molar-refractivity contribution is -0.116. The van der Waals surface area contributed by atoms with Gasteiger partial charge in [-0.1, -0.05) is 12.1 Å². The van der Waals surface area contributed by atoms with Crippen LogP contribution in [-0.2, 0) is 14.8 Å². The Morgan fingerprint density at radius 3 is 2.39 bits per heavy atom. The van der Waals surface area contributed by atoms with Gasteiger partial charge in [0.25, 0.3) is 15.9 Å². The number of carbonyl (C=O) groups is 2. The van der Waals surface area contributed by atoms with Gasteiger partial charge < -0.3 is 20.1 Å². The van der Waals surface area contributed by atoms with Crippen LogP contribution in [0, 0.1) is 0 Å². The highest BCUT2D eigenvalue weighted by Crippen LogP contribution is 2.30. The molecule has 0 aliphatic rings. The lowest BCUT2D eigenvalue weighted by Gasteiger charge is -2.14. The molecule has 174 valence electrons. The van der Waals surface area contributed by atoms with Crippen LogP contribution in [0.1, 0.15) is 16.8 Å². The zero-order chi connectivity index (χ0) is 23.8. The Balaban J connectivity index is 1.69. The topological polar surface area (TPSA) is 123 Å². The zero-order valence-corrected chi connectivity index (χ0v) is 19.6. The van der Waals surface area contributed by atoms with Crippen LogP contribution in [0.5, 0.6) is 11.5 Å². The molecule has 9 nitrogen and oxygen atoms in total. The molecule has 2 amide bonds. The van der Waals surface area contributed by atoms with Crippen molar-refractivity contribution in [1.29, 1.82) is 0 Å². The molecular weight excluding hydrogens is 466 g/mol. The van der Waals surface area contributed by atoms with Gasteiger partial charge in [-0.15, -0.1) is 0 Å². The minimum absolute atomic E-state index is 0.00449. The van der Waals surface area contributed by atoms with Gasteiger partial charge in [0.15, 0.2) is 0 Å². The monoisotopic (exact) mass is 489 g/mol. The molecule has 0 unspecified atom stereocenters. The number of hydrogen-bond donors (Lipinski definition) is 3. The maximum absolute atomic E-state index is 12.9. The van der Waals surface area contributed by atoms with Gasteiger partial charge in [-0.25, -0.2) is 8.42 Å². The summed E-state index contributed by atoms with van der Waals surface area (Å²) in [5.74, 6) is -0.0159. The Morgan fingerprint density at radius 2 is 1.70 bits per heavy atom. The van der Waals surface area contributed by atoms with E-state index in [-0.39, 0.29) is 35.1 Å². The van der Waals surface area contributed by atoms with Gasteiger partial charge in [-0.05, 0) is 41.8 Å². The van der Waals surface area contributed by atoms with Gasteiger partial charge >= 0.3 is 0 Å². The third-order valence-electron chi connectivity index (χ3n) is 4.53. The second-order valence-electron chi connectivity index (χ2n) is 6.73. The van der Waals surface area contributed by atoms with Gasteiger partial charge in [0, 0.05) is 23.9 Å². The predicted molar refractivity (Wildman–Crippen MR) is 127 cm³/mol. The highest BCUT2D eigenvalue weighted by molar-refractivity contribution is 7.92. The summed E-state index contributed by atoms with van der Waals surface area (Å²) in [4.78, 5) is 24.3. The van der Waals surface area contributed by atoms with Crippen molar-refractivity contribution in [1.82, 2.24) is 5.32 Å². The second-order valence-corrected chi connectivity index (χ2v) is 9.20. The average molecular weight is 490 g/mol. The molecule has 0 saturated heterocycles. The van der Waals surface area contributed by atoms with Crippen molar-refractivity contribution in [2.45, 2.75) is 11.3 Å². The van der Waals surface area contributed by atoms with Crippen LogP contribution in [0.3, 0.4) is 0 Å². The molecule has 0 fully saturated rings. The fourth-order valence-electron chi connectivity index (χ4n) is 2.88. The quantitative estimate of drug-likeness (QED) is 0.402. The van der Waals surface area contributed by atoms with Crippen LogP contribution in [-0.4, -0.2) is 41.0 Å². The van der Waals surface area contributed by atoms with Crippen molar-refractivity contribution in [3.05, 3.63) is 64.9 Å². The van der Waals surface area contributed by atoms with Gasteiger partial charge in [0.2, 0.25) is 5.91 Å². The van der Waals surface area contributed by atoms with Crippen molar-refractivity contribution in [2.75, 3.05) is 30.8 Å². The lowest BCUT2D eigenvalue weighted by atomic mass is 10.2. The number of sulfonamides is 1. The van der Waals surface area contributed by atoms with Crippen LogP contribution < -0.4 is 24.8 Å². The summed E-state index contributed by atoms with van der Waals surface area (Å²) < 4.78 is 38.7. The maximum atomic E-state index is 12.9. The summed E-state index contributed by atoms with van der Waals surface area (Å²) >= 11 is 1.40. The van der Waals surface area contributed by atoms with Gasteiger partial charge in [-0.2, -0.15) is 11.3 Å². The molecule has 11 heteroatoms. The fourth-order valence-corrected chi connectivity index (χ4v) is 4.61. The maximum Gasteiger partial charge on any atom is 0.262 e. The van der Waals surface area contributed by atoms with Crippen LogP contribution in [0.15, 0.2) is 64.2 Å². The van der Waals surface area contributed by atoms with E-state index in [4.69, 9.17) is 9.47 Å². The molecule has 2 aromatic carbocycles. The first-order chi connectivity index (χ1) is 15.8. The van der Waals surface area contributed by atoms with E-state index in [9.17, 15) is 18.0 Å². The lowest BCUT2D eigenvalue weighted by Crippen LogP contribution is -2.27. The smallest absolute Gasteiger partial charge is 0.262 e. The molecule has 3 rings (SSSR count). The average Bonchev–Trinajstić information content (AvgIpc) is 3.34. The number of amides is 2. The number of benzene rings is 2. The van der Waals surface area contributed by atoms with Crippen molar-refractivity contribution >= 4 is 44.5 Å². The first kappa shape index (κ1) is 24.1. The Kier molecular flexibility index (Phi) is 7.91. The fraction of sp³-hybridized carbons (Fsp3) is 0.182. The van der Waals surface area contributed by atoms with Crippen LogP contribution in [0.25, 0.3) is 0 Å². The molecule has 0 radical (unpaired) electrons. The Hall–Kier alpha value is -3.57. The van der Waals surface area contributed by atoms with Crippen LogP contribution in [0.4, 0.5) is 11.4 Å². The highest BCUT2D eigenvalue weighted by atomic mass is 32.2. The van der Waals surface area contributed by atoms with E-state index in [1.165, 1.54) is 43.8 Å². The molecule has 0 aliphatic heterocycles. The highest BCUT2D eigenvalue weighted by Gasteiger charge is 2.19. The van der Waals surface area contributed by atoms with Gasteiger partial charge in [0.1, 0.15) is 11.5 Å². The van der Waals surface area contributed by atoms with Gasteiger partial charge in [0.05, 0.1) is 30.5 Å². The normalized spacial score (nSPS) is 10.8. The minimum Gasteiger partial charge on any atom is -0.495 e. The number of carbonyl (C=O) groups excluding carboxylic acids is 2. The Morgan fingerprint density at radius 1 is 0.970 bits per heavy atom. The number of nitrogens with one attached hydrogen (secondary N) is 3. The minimum atomic E-state index is -3.98. The summed E-state index contributed by atoms with van der Waals surface area (Å²) in [6.07, 6.45) is -0.00449. The molecule has 3 aromatic rings. The van der Waals surface area contributed by atoms with E-state index >= 15 is 0 Å². The third kappa shape index (κ3) is 6.24. The first-order valence-electron chi connectivity index (χ1n) is 9.78. The second kappa shape index (κ2) is 10.8. The number of methoxy groups -OCH3 is 2. The number of rotatable bonds is 10. The molecule has 3 N–H and O–H groups in total. The summed E-state index contributed by atoms with van der Waals surface area (Å²) in [5, 5.41) is 8.80. The van der Waals surface area contributed by atoms with E-state index in [1.54, 1.807) is 41.1 Å². The molecule has 1 aromatic heterocycles. The number of anilines is 2. The van der Waals surface area contributed by atoms with Crippen molar-refractivity contribution < 1.29 is 27.5 Å². The molecule has 0 aliphatic carbocycles. The van der Waals surface area contributed by atoms with E-state index in [0.29, 0.717) is 17.1 Å². The van der Waals surface area contributed by atoms with Crippen molar-refractivity contribution in [3.8, 4) is 11.5 Å². The summed E-state index contributed by atoms with van der Waals surface area (Å²) in [6.45, 7) is 0.121. The summed E-state index contributed by atoms with van der Waals surface area (Å²) in [7, 11) is -1.12. The standard InChI is InChI=1S/C22H23N3O6S2/c1-30-19-6-4-3-5-17(19)25-33(28,29)16-7-8-20(31-2)18(13-16)24-21(26)9-11-23-22(27)15-10-12-32-14-15/h3-8,10,12-14,25H,9,11H2,1-2H3,(H,23,27)(H,24,26). The Bertz CT molecular complexity index is 1230. The van der Waals surface area contributed by atoms with E-state index in [0.717, 1.165) is 0 Å². The Labute approximate surface area is 195 Å². The predicted octanol–water partition coefficient (Wildman–Crippen LogP) is 3.32. The molecule has 1 heterocycles. The zero-order valence-electron chi connectivity index (χ0n) is 18.0. The van der Waals surface area contributed by atoms with E-state index in [1.807, 2.05) is 0 Å². The first-order valence-corrected chi connectivity index (χ1v) is 12.2. The molecule has 0 saturated carbocycles. The molecule has 0 atom stereocenters. The van der Waals surface area contributed by atoms with E-state index in [2.05, 4.69) is 15.4 Å². The van der Waals surface area contributed by atoms with E-state index < -0.39 is 15.9 Å². The van der Waals surface area contributed by atoms with Gasteiger partial charge in [-0.3, -0.25) is 14.3 Å². The third-order valence-corrected chi connectivity index (χ3v) is 6.57. The number of hydrogen-bond acceptors (Lipinski definition) is 7. The van der Waals surface area contributed by atoms with Crippen LogP contribution >= 0.6 is 11.3 Å². The summed E-state index contributed by atoms with van der Waals surface area (Å²) in [5.41, 5.74) is 1.000. The SMILES string of the molecule is COc1ccc(S(=O)(=O)Nc2ccccc2OC)cc1NC(=O)CCNC(=O)c1ccsc1. The number of para-hydroxylation sites is 2. The number of ether oxygens (including phenoxy) is 2. The van der Waals surface area contributed by atoms with Crippen molar-refractivity contribution in [2.24, 2.45) is 0 Å². The molecular formula is C22H23N3O6S2. The molecule has 0 spiro atoms. The molecule has 0 bridgehead atoms. The van der Waals surface area contributed by atoms with Crippen LogP contribution in [0.2, 0.25) is 0 Å².